The number of rotatable bonds is 5. The Balaban J connectivity index is 0.00000220. The molecular weight excluding hydrogens is 284 g/mol. The molecule has 1 unspecified atom stereocenters. The first-order valence-corrected chi connectivity index (χ1v) is 7.75. The van der Waals surface area contributed by atoms with Gasteiger partial charge in [0, 0.05) is 12.1 Å². The quantitative estimate of drug-likeness (QED) is 0.875. The normalized spacial score (nSPS) is 18.1. The van der Waals surface area contributed by atoms with Crippen molar-refractivity contribution in [2.45, 2.75) is 39.0 Å². The highest BCUT2D eigenvalue weighted by atomic mass is 35.5. The Morgan fingerprint density at radius 1 is 1.33 bits per heavy atom. The smallest absolute Gasteiger partial charge is 0.251 e. The van der Waals surface area contributed by atoms with Gasteiger partial charge in [-0.15, -0.1) is 12.4 Å². The third-order valence-corrected chi connectivity index (χ3v) is 4.08. The van der Waals surface area contributed by atoms with Crippen LogP contribution in [0.5, 0.6) is 0 Å². The lowest BCUT2D eigenvalue weighted by Gasteiger charge is -2.22. The molecule has 1 atom stereocenters. The standard InChI is InChI=1S/C17H26N2O.ClH/c1-13(2)15-5-7-16(8-6-15)17(20)19-11-9-14-4-3-10-18-12-14;/h5-8,13-14,18H,3-4,9-12H2,1-2H3,(H,19,20);1H. The van der Waals surface area contributed by atoms with Gasteiger partial charge in [-0.25, -0.2) is 0 Å². The fourth-order valence-corrected chi connectivity index (χ4v) is 2.68. The van der Waals surface area contributed by atoms with E-state index in [0.29, 0.717) is 11.8 Å². The molecule has 21 heavy (non-hydrogen) atoms. The summed E-state index contributed by atoms with van der Waals surface area (Å²) in [5, 5.41) is 6.44. The lowest BCUT2D eigenvalue weighted by molar-refractivity contribution is 0.0950. The first-order chi connectivity index (χ1) is 9.66. The summed E-state index contributed by atoms with van der Waals surface area (Å²) >= 11 is 0. The summed E-state index contributed by atoms with van der Waals surface area (Å²) in [7, 11) is 0. The van der Waals surface area contributed by atoms with Crippen LogP contribution >= 0.6 is 12.4 Å². The number of amides is 1. The maximum absolute atomic E-state index is 12.0. The Labute approximate surface area is 134 Å². The van der Waals surface area contributed by atoms with Gasteiger partial charge in [0.25, 0.3) is 5.91 Å². The predicted molar refractivity (Wildman–Crippen MR) is 90.3 cm³/mol. The summed E-state index contributed by atoms with van der Waals surface area (Å²) < 4.78 is 0. The molecule has 0 saturated carbocycles. The average molecular weight is 311 g/mol. The Bertz CT molecular complexity index is 425. The minimum Gasteiger partial charge on any atom is -0.352 e. The van der Waals surface area contributed by atoms with Crippen molar-refractivity contribution in [3.8, 4) is 0 Å². The summed E-state index contributed by atoms with van der Waals surface area (Å²) in [6, 6.07) is 7.94. The van der Waals surface area contributed by atoms with E-state index in [-0.39, 0.29) is 18.3 Å². The largest absolute Gasteiger partial charge is 0.352 e. The molecule has 2 N–H and O–H groups in total. The molecule has 0 radical (unpaired) electrons. The van der Waals surface area contributed by atoms with Crippen molar-refractivity contribution in [2.24, 2.45) is 5.92 Å². The highest BCUT2D eigenvalue weighted by Gasteiger charge is 2.13. The molecule has 1 aromatic rings. The van der Waals surface area contributed by atoms with E-state index in [0.717, 1.165) is 31.6 Å². The number of benzene rings is 1. The van der Waals surface area contributed by atoms with Gasteiger partial charge in [-0.1, -0.05) is 26.0 Å². The second kappa shape index (κ2) is 9.06. The van der Waals surface area contributed by atoms with Crippen LogP contribution in [0.25, 0.3) is 0 Å². The number of halogens is 1. The molecule has 0 aromatic heterocycles. The molecule has 2 rings (SSSR count). The minimum absolute atomic E-state index is 0. The van der Waals surface area contributed by atoms with E-state index in [4.69, 9.17) is 0 Å². The van der Waals surface area contributed by atoms with E-state index in [2.05, 4.69) is 24.5 Å². The molecule has 1 saturated heterocycles. The molecule has 1 heterocycles. The summed E-state index contributed by atoms with van der Waals surface area (Å²) in [5.74, 6) is 1.27. The van der Waals surface area contributed by atoms with Crippen molar-refractivity contribution in [2.75, 3.05) is 19.6 Å². The van der Waals surface area contributed by atoms with E-state index >= 15 is 0 Å². The highest BCUT2D eigenvalue weighted by Crippen LogP contribution is 2.15. The minimum atomic E-state index is 0. The van der Waals surface area contributed by atoms with Gasteiger partial charge in [-0.3, -0.25) is 4.79 Å². The van der Waals surface area contributed by atoms with Crippen molar-refractivity contribution in [3.63, 3.8) is 0 Å². The van der Waals surface area contributed by atoms with Crippen LogP contribution < -0.4 is 10.6 Å². The molecule has 118 valence electrons. The monoisotopic (exact) mass is 310 g/mol. The summed E-state index contributed by atoms with van der Waals surface area (Å²) in [5.41, 5.74) is 2.03. The van der Waals surface area contributed by atoms with Gasteiger partial charge >= 0.3 is 0 Å². The van der Waals surface area contributed by atoms with Gasteiger partial charge in [0.1, 0.15) is 0 Å². The van der Waals surface area contributed by atoms with Crippen LogP contribution in [-0.2, 0) is 0 Å². The molecule has 1 aromatic carbocycles. The zero-order valence-corrected chi connectivity index (χ0v) is 13.8. The van der Waals surface area contributed by atoms with E-state index < -0.39 is 0 Å². The molecule has 1 amide bonds. The lowest BCUT2D eigenvalue weighted by Crippen LogP contribution is -2.33. The molecule has 0 bridgehead atoms. The predicted octanol–water partition coefficient (Wildman–Crippen LogP) is 3.35. The average Bonchev–Trinajstić information content (AvgIpc) is 2.48. The van der Waals surface area contributed by atoms with Crippen LogP contribution in [0.1, 0.15) is 54.9 Å². The number of carbonyl (C=O) groups excluding carboxylic acids is 1. The van der Waals surface area contributed by atoms with Crippen LogP contribution in [0.2, 0.25) is 0 Å². The molecule has 3 nitrogen and oxygen atoms in total. The Morgan fingerprint density at radius 2 is 2.05 bits per heavy atom. The molecule has 1 aliphatic rings. The zero-order chi connectivity index (χ0) is 14.4. The Hall–Kier alpha value is -1.06. The van der Waals surface area contributed by atoms with Crippen LogP contribution in [0.15, 0.2) is 24.3 Å². The molecule has 0 spiro atoms. The number of nitrogens with one attached hydrogen (secondary N) is 2. The zero-order valence-electron chi connectivity index (χ0n) is 13.0. The number of carbonyl (C=O) groups is 1. The first kappa shape index (κ1) is 18.0. The van der Waals surface area contributed by atoms with E-state index in [1.54, 1.807) is 0 Å². The van der Waals surface area contributed by atoms with Crippen molar-refractivity contribution in [1.29, 1.82) is 0 Å². The fraction of sp³-hybridized carbons (Fsp3) is 0.588. The van der Waals surface area contributed by atoms with Crippen LogP contribution in [-0.4, -0.2) is 25.5 Å². The number of piperidine rings is 1. The number of hydrogen-bond donors (Lipinski definition) is 2. The van der Waals surface area contributed by atoms with Crippen LogP contribution in [0.3, 0.4) is 0 Å². The van der Waals surface area contributed by atoms with Crippen molar-refractivity contribution in [1.82, 2.24) is 10.6 Å². The van der Waals surface area contributed by atoms with Crippen molar-refractivity contribution >= 4 is 18.3 Å². The van der Waals surface area contributed by atoms with Gasteiger partial charge in [0.05, 0.1) is 0 Å². The van der Waals surface area contributed by atoms with E-state index in [9.17, 15) is 4.79 Å². The Morgan fingerprint density at radius 3 is 2.62 bits per heavy atom. The fourth-order valence-electron chi connectivity index (χ4n) is 2.68. The summed E-state index contributed by atoms with van der Waals surface area (Å²) in [6.07, 6.45) is 3.62. The van der Waals surface area contributed by atoms with Gasteiger partial charge in [0.2, 0.25) is 0 Å². The first-order valence-electron chi connectivity index (χ1n) is 7.75. The SMILES string of the molecule is CC(C)c1ccc(C(=O)NCCC2CCCNC2)cc1.Cl. The van der Waals surface area contributed by atoms with Gasteiger partial charge < -0.3 is 10.6 Å². The number of hydrogen-bond acceptors (Lipinski definition) is 2. The summed E-state index contributed by atoms with van der Waals surface area (Å²) in [4.78, 5) is 12.0. The maximum atomic E-state index is 12.0. The van der Waals surface area contributed by atoms with Crippen molar-refractivity contribution in [3.05, 3.63) is 35.4 Å². The molecule has 1 fully saturated rings. The van der Waals surface area contributed by atoms with Crippen molar-refractivity contribution < 1.29 is 4.79 Å². The lowest BCUT2D eigenvalue weighted by atomic mass is 9.96. The van der Waals surface area contributed by atoms with E-state index in [1.165, 1.54) is 18.4 Å². The Kier molecular flexibility index (Phi) is 7.76. The van der Waals surface area contributed by atoms with Crippen LogP contribution in [0.4, 0.5) is 0 Å². The highest BCUT2D eigenvalue weighted by molar-refractivity contribution is 5.94. The molecular formula is C17H27ClN2O. The second-order valence-corrected chi connectivity index (χ2v) is 6.03. The summed E-state index contributed by atoms with van der Waals surface area (Å²) in [6.45, 7) is 7.34. The molecule has 0 aliphatic carbocycles. The maximum Gasteiger partial charge on any atom is 0.251 e. The van der Waals surface area contributed by atoms with Gasteiger partial charge in [0.15, 0.2) is 0 Å². The third kappa shape index (κ3) is 5.68. The second-order valence-electron chi connectivity index (χ2n) is 6.03. The molecule has 4 heteroatoms. The van der Waals surface area contributed by atoms with Gasteiger partial charge in [-0.05, 0) is 61.9 Å². The third-order valence-electron chi connectivity index (χ3n) is 4.08. The van der Waals surface area contributed by atoms with E-state index in [1.807, 2.05) is 24.3 Å². The van der Waals surface area contributed by atoms with Gasteiger partial charge in [-0.2, -0.15) is 0 Å². The van der Waals surface area contributed by atoms with Crippen LogP contribution in [0, 0.1) is 5.92 Å². The topological polar surface area (TPSA) is 41.1 Å². The molecule has 1 aliphatic heterocycles.